The van der Waals surface area contributed by atoms with E-state index in [1.165, 1.54) is 5.56 Å². The molecular weight excluding hydrogens is 322 g/mol. The predicted molar refractivity (Wildman–Crippen MR) is 95.5 cm³/mol. The van der Waals surface area contributed by atoms with Crippen LogP contribution in [0.4, 0.5) is 5.69 Å². The van der Waals surface area contributed by atoms with E-state index < -0.39 is 0 Å². The van der Waals surface area contributed by atoms with E-state index in [1.807, 2.05) is 18.5 Å². The molecule has 24 heavy (non-hydrogen) atoms. The number of nitrogens with zero attached hydrogens (tertiary/aromatic N) is 3. The topological polar surface area (TPSA) is 37.8 Å². The van der Waals surface area contributed by atoms with Crippen LogP contribution in [0, 0.1) is 0 Å². The Morgan fingerprint density at radius 1 is 1.21 bits per heavy atom. The molecular formula is C18H23N3O2S. The van der Waals surface area contributed by atoms with Crippen LogP contribution in [0.3, 0.4) is 0 Å². The fourth-order valence-electron chi connectivity index (χ4n) is 3.55. The molecule has 4 rings (SSSR count). The summed E-state index contributed by atoms with van der Waals surface area (Å²) in [4.78, 5) is 9.09. The number of rotatable bonds is 3. The second kappa shape index (κ2) is 7.19. The largest absolute Gasteiger partial charge is 0.376 e. The molecule has 0 aliphatic carbocycles. The van der Waals surface area contributed by atoms with Crippen molar-refractivity contribution in [2.45, 2.75) is 12.1 Å². The maximum absolute atomic E-state index is 6.26. The van der Waals surface area contributed by atoms with Crippen molar-refractivity contribution in [1.29, 1.82) is 0 Å². The molecule has 4 heterocycles. The maximum Gasteiger partial charge on any atom is 0.121 e. The maximum atomic E-state index is 6.26. The standard InChI is InChI=1S/C18H23N3O2S/c1-2-17(10-19-4-1)21-6-7-22-15-18(14-21)13-20(5-8-23-18)11-16-3-9-24-12-16/h1-4,9-10,12H,5-8,11,13-15H2. The molecule has 5 nitrogen and oxygen atoms in total. The molecule has 0 radical (unpaired) electrons. The first kappa shape index (κ1) is 16.0. The van der Waals surface area contributed by atoms with E-state index in [1.54, 1.807) is 11.3 Å². The molecule has 2 saturated heterocycles. The molecule has 0 saturated carbocycles. The molecule has 2 aliphatic heterocycles. The first-order valence-corrected chi connectivity index (χ1v) is 9.37. The van der Waals surface area contributed by atoms with Crippen molar-refractivity contribution in [2.24, 2.45) is 0 Å². The number of ether oxygens (including phenoxy) is 2. The van der Waals surface area contributed by atoms with Crippen LogP contribution in [0.5, 0.6) is 0 Å². The molecule has 0 amide bonds. The highest BCUT2D eigenvalue weighted by atomic mass is 32.1. The highest BCUT2D eigenvalue weighted by Crippen LogP contribution is 2.26. The van der Waals surface area contributed by atoms with Crippen molar-refractivity contribution in [3.63, 3.8) is 0 Å². The van der Waals surface area contributed by atoms with E-state index in [4.69, 9.17) is 9.47 Å². The fraction of sp³-hybridized carbons (Fsp3) is 0.500. The molecule has 0 bridgehead atoms. The summed E-state index contributed by atoms with van der Waals surface area (Å²) in [6.07, 6.45) is 3.73. The Hall–Kier alpha value is -1.47. The first-order valence-electron chi connectivity index (χ1n) is 8.43. The average molecular weight is 345 g/mol. The van der Waals surface area contributed by atoms with Gasteiger partial charge in [0.25, 0.3) is 0 Å². The number of pyridine rings is 1. The Morgan fingerprint density at radius 2 is 2.21 bits per heavy atom. The van der Waals surface area contributed by atoms with Gasteiger partial charge < -0.3 is 14.4 Å². The van der Waals surface area contributed by atoms with Gasteiger partial charge in [0, 0.05) is 32.4 Å². The van der Waals surface area contributed by atoms with Crippen LogP contribution in [-0.2, 0) is 16.0 Å². The van der Waals surface area contributed by atoms with Crippen molar-refractivity contribution in [1.82, 2.24) is 9.88 Å². The van der Waals surface area contributed by atoms with Gasteiger partial charge in [-0.3, -0.25) is 9.88 Å². The summed E-state index contributed by atoms with van der Waals surface area (Å²) in [7, 11) is 0. The third-order valence-electron chi connectivity index (χ3n) is 4.67. The molecule has 2 aliphatic rings. The summed E-state index contributed by atoms with van der Waals surface area (Å²) in [5, 5.41) is 4.37. The van der Waals surface area contributed by atoms with Gasteiger partial charge in [0.1, 0.15) is 5.60 Å². The van der Waals surface area contributed by atoms with Crippen LogP contribution in [0.2, 0.25) is 0 Å². The minimum atomic E-state index is -0.263. The molecule has 0 aromatic carbocycles. The Morgan fingerprint density at radius 3 is 3.04 bits per heavy atom. The quantitative estimate of drug-likeness (QED) is 0.853. The van der Waals surface area contributed by atoms with Crippen LogP contribution in [-0.4, -0.2) is 61.5 Å². The van der Waals surface area contributed by atoms with Gasteiger partial charge in [0.2, 0.25) is 0 Å². The van der Waals surface area contributed by atoms with E-state index >= 15 is 0 Å². The fourth-order valence-corrected chi connectivity index (χ4v) is 4.21. The van der Waals surface area contributed by atoms with Gasteiger partial charge in [-0.15, -0.1) is 0 Å². The van der Waals surface area contributed by atoms with Gasteiger partial charge in [-0.05, 0) is 34.5 Å². The third-order valence-corrected chi connectivity index (χ3v) is 5.41. The lowest BCUT2D eigenvalue weighted by Gasteiger charge is -2.43. The number of hydrogen-bond acceptors (Lipinski definition) is 6. The van der Waals surface area contributed by atoms with Crippen LogP contribution >= 0.6 is 11.3 Å². The monoisotopic (exact) mass is 345 g/mol. The minimum absolute atomic E-state index is 0.263. The van der Waals surface area contributed by atoms with Gasteiger partial charge in [-0.25, -0.2) is 0 Å². The number of hydrogen-bond donors (Lipinski definition) is 0. The predicted octanol–water partition coefficient (Wildman–Crippen LogP) is 2.25. The highest BCUT2D eigenvalue weighted by molar-refractivity contribution is 7.07. The number of anilines is 1. The lowest BCUT2D eigenvalue weighted by Crippen LogP contribution is -2.58. The number of aromatic nitrogens is 1. The van der Waals surface area contributed by atoms with E-state index in [-0.39, 0.29) is 5.60 Å². The summed E-state index contributed by atoms with van der Waals surface area (Å²) < 4.78 is 12.2. The molecule has 128 valence electrons. The van der Waals surface area contributed by atoms with Crippen molar-refractivity contribution in [3.05, 3.63) is 46.9 Å². The summed E-state index contributed by atoms with van der Waals surface area (Å²) in [5.41, 5.74) is 2.26. The summed E-state index contributed by atoms with van der Waals surface area (Å²) >= 11 is 1.76. The zero-order valence-corrected chi connectivity index (χ0v) is 14.6. The van der Waals surface area contributed by atoms with E-state index in [9.17, 15) is 0 Å². The summed E-state index contributed by atoms with van der Waals surface area (Å²) in [6, 6.07) is 6.30. The smallest absolute Gasteiger partial charge is 0.121 e. The van der Waals surface area contributed by atoms with Gasteiger partial charge in [0.15, 0.2) is 0 Å². The molecule has 1 spiro atoms. The Bertz CT molecular complexity index is 637. The molecule has 2 fully saturated rings. The number of thiophene rings is 1. The van der Waals surface area contributed by atoms with Crippen molar-refractivity contribution < 1.29 is 9.47 Å². The molecule has 0 N–H and O–H groups in total. The zero-order valence-electron chi connectivity index (χ0n) is 13.8. The Balaban J connectivity index is 1.49. The van der Waals surface area contributed by atoms with Crippen LogP contribution < -0.4 is 4.90 Å². The minimum Gasteiger partial charge on any atom is -0.376 e. The second-order valence-corrected chi connectivity index (χ2v) is 7.34. The van der Waals surface area contributed by atoms with Gasteiger partial charge in [0.05, 0.1) is 38.2 Å². The van der Waals surface area contributed by atoms with E-state index in [0.717, 1.165) is 51.6 Å². The molecule has 6 heteroatoms. The Kier molecular flexibility index (Phi) is 4.80. The van der Waals surface area contributed by atoms with Crippen LogP contribution in [0.25, 0.3) is 0 Å². The lowest BCUT2D eigenvalue weighted by molar-refractivity contribution is -0.134. The van der Waals surface area contributed by atoms with Crippen LogP contribution in [0.1, 0.15) is 5.56 Å². The lowest BCUT2D eigenvalue weighted by atomic mass is 10.0. The molecule has 2 aromatic rings. The zero-order chi connectivity index (χ0) is 16.2. The van der Waals surface area contributed by atoms with Crippen molar-refractivity contribution in [3.8, 4) is 0 Å². The first-order chi connectivity index (χ1) is 11.8. The second-order valence-electron chi connectivity index (χ2n) is 6.56. The van der Waals surface area contributed by atoms with Crippen LogP contribution in [0.15, 0.2) is 41.4 Å². The van der Waals surface area contributed by atoms with Crippen molar-refractivity contribution in [2.75, 3.05) is 50.9 Å². The highest BCUT2D eigenvalue weighted by Gasteiger charge is 2.40. The average Bonchev–Trinajstić information content (AvgIpc) is 3.03. The normalized spacial score (nSPS) is 25.8. The third kappa shape index (κ3) is 3.62. The number of morpholine rings is 1. The Labute approximate surface area is 146 Å². The molecule has 1 unspecified atom stereocenters. The molecule has 1 atom stereocenters. The SMILES string of the molecule is c1cncc(N2CCOCC3(CN(Cc4ccsc4)CCO3)C2)c1. The van der Waals surface area contributed by atoms with Gasteiger partial charge >= 0.3 is 0 Å². The van der Waals surface area contributed by atoms with E-state index in [0.29, 0.717) is 6.61 Å². The summed E-state index contributed by atoms with van der Waals surface area (Å²) in [6.45, 7) is 6.73. The molecule has 2 aromatic heterocycles. The summed E-state index contributed by atoms with van der Waals surface area (Å²) in [5.74, 6) is 0. The van der Waals surface area contributed by atoms with Crippen molar-refractivity contribution >= 4 is 17.0 Å². The van der Waals surface area contributed by atoms with Gasteiger partial charge in [-0.2, -0.15) is 11.3 Å². The van der Waals surface area contributed by atoms with E-state index in [2.05, 4.69) is 37.7 Å². The van der Waals surface area contributed by atoms with Gasteiger partial charge in [-0.1, -0.05) is 0 Å².